The van der Waals surface area contributed by atoms with Gasteiger partial charge >= 0.3 is 0 Å². The van der Waals surface area contributed by atoms with Gasteiger partial charge in [-0.3, -0.25) is 9.80 Å². The van der Waals surface area contributed by atoms with E-state index in [1.54, 1.807) is 0 Å². The molecule has 2 atom stereocenters. The minimum atomic E-state index is 0.780. The van der Waals surface area contributed by atoms with Crippen LogP contribution in [0.2, 0.25) is 0 Å². The van der Waals surface area contributed by atoms with Crippen molar-refractivity contribution in [2.24, 2.45) is 0 Å². The van der Waals surface area contributed by atoms with E-state index in [-0.39, 0.29) is 0 Å². The molecule has 0 spiro atoms. The van der Waals surface area contributed by atoms with Crippen molar-refractivity contribution in [3.05, 3.63) is 0 Å². The van der Waals surface area contributed by atoms with E-state index in [1.165, 1.54) is 71.1 Å². The van der Waals surface area contributed by atoms with Gasteiger partial charge < -0.3 is 5.32 Å². The highest BCUT2D eigenvalue weighted by Crippen LogP contribution is 2.28. The van der Waals surface area contributed by atoms with E-state index in [0.717, 1.165) is 18.1 Å². The van der Waals surface area contributed by atoms with Crippen LogP contribution in [0.15, 0.2) is 0 Å². The molecule has 104 valence electrons. The van der Waals surface area contributed by atoms with Crippen molar-refractivity contribution in [3.8, 4) is 0 Å². The lowest BCUT2D eigenvalue weighted by atomic mass is 10.1. The molecule has 3 rings (SSSR count). The molecule has 1 unspecified atom stereocenters. The predicted octanol–water partition coefficient (Wildman–Crippen LogP) is 1.69. The van der Waals surface area contributed by atoms with Gasteiger partial charge in [0.15, 0.2) is 0 Å². The van der Waals surface area contributed by atoms with Crippen molar-refractivity contribution >= 4 is 0 Å². The smallest absolute Gasteiger partial charge is 0.0113 e. The lowest BCUT2D eigenvalue weighted by molar-refractivity contribution is 0.0714. The fourth-order valence-electron chi connectivity index (χ4n) is 4.29. The van der Waals surface area contributed by atoms with Crippen LogP contribution in [-0.4, -0.2) is 61.2 Å². The van der Waals surface area contributed by atoms with Crippen LogP contribution in [0.1, 0.15) is 44.9 Å². The van der Waals surface area contributed by atoms with E-state index in [0.29, 0.717) is 0 Å². The molecule has 1 N–H and O–H groups in total. The van der Waals surface area contributed by atoms with E-state index in [2.05, 4.69) is 22.2 Å². The molecule has 0 aromatic carbocycles. The normalized spacial score (nSPS) is 36.5. The fraction of sp³-hybridized carbons (Fsp3) is 1.00. The third-order valence-corrected chi connectivity index (χ3v) is 5.52. The van der Waals surface area contributed by atoms with Crippen LogP contribution >= 0.6 is 0 Å². The maximum absolute atomic E-state index is 3.45. The summed E-state index contributed by atoms with van der Waals surface area (Å²) in [5.74, 6) is 0. The van der Waals surface area contributed by atoms with Crippen LogP contribution in [0.3, 0.4) is 0 Å². The Hall–Kier alpha value is -0.120. The first-order chi connectivity index (χ1) is 8.86. The zero-order chi connectivity index (χ0) is 12.4. The number of hydrogen-bond donors (Lipinski definition) is 1. The summed E-state index contributed by atoms with van der Waals surface area (Å²) in [4.78, 5) is 5.54. The molecule has 2 saturated carbocycles. The average Bonchev–Trinajstić information content (AvgIpc) is 3.10. The van der Waals surface area contributed by atoms with Crippen molar-refractivity contribution in [3.63, 3.8) is 0 Å². The Morgan fingerprint density at radius 1 is 0.778 bits per heavy atom. The lowest BCUT2D eigenvalue weighted by Crippen LogP contribution is -2.52. The molecule has 2 aliphatic carbocycles. The van der Waals surface area contributed by atoms with Gasteiger partial charge in [-0.25, -0.2) is 0 Å². The number of nitrogens with zero attached hydrogens (tertiary/aromatic N) is 2. The summed E-state index contributed by atoms with van der Waals surface area (Å²) in [7, 11) is 2.12. The van der Waals surface area contributed by atoms with Crippen molar-refractivity contribution in [1.82, 2.24) is 15.1 Å². The third-order valence-electron chi connectivity index (χ3n) is 5.52. The molecule has 18 heavy (non-hydrogen) atoms. The zero-order valence-electron chi connectivity index (χ0n) is 11.9. The van der Waals surface area contributed by atoms with Crippen LogP contribution in [0, 0.1) is 0 Å². The average molecular weight is 251 g/mol. The van der Waals surface area contributed by atoms with Crippen molar-refractivity contribution in [2.75, 3.05) is 33.2 Å². The Morgan fingerprint density at radius 3 is 1.94 bits per heavy atom. The van der Waals surface area contributed by atoms with Gasteiger partial charge in [0.2, 0.25) is 0 Å². The molecule has 0 bridgehead atoms. The summed E-state index contributed by atoms with van der Waals surface area (Å²) in [5.41, 5.74) is 0. The summed E-state index contributed by atoms with van der Waals surface area (Å²) >= 11 is 0. The Bertz CT molecular complexity index is 254. The highest BCUT2D eigenvalue weighted by Gasteiger charge is 2.32. The maximum atomic E-state index is 3.45. The molecule has 3 nitrogen and oxygen atoms in total. The van der Waals surface area contributed by atoms with Gasteiger partial charge in [0.1, 0.15) is 0 Å². The molecular formula is C15H29N3. The van der Waals surface area contributed by atoms with Crippen LogP contribution in [0.25, 0.3) is 0 Å². The maximum Gasteiger partial charge on any atom is 0.0113 e. The van der Waals surface area contributed by atoms with Gasteiger partial charge in [-0.1, -0.05) is 12.8 Å². The largest absolute Gasteiger partial charge is 0.317 e. The molecular weight excluding hydrogens is 222 g/mol. The molecule has 1 saturated heterocycles. The number of piperazine rings is 1. The minimum Gasteiger partial charge on any atom is -0.317 e. The molecule has 1 aliphatic heterocycles. The Labute approximate surface area is 112 Å². The Kier molecular flexibility index (Phi) is 4.22. The first-order valence-corrected chi connectivity index (χ1v) is 8.02. The van der Waals surface area contributed by atoms with Crippen LogP contribution in [0.4, 0.5) is 0 Å². The van der Waals surface area contributed by atoms with Crippen molar-refractivity contribution < 1.29 is 0 Å². The lowest BCUT2D eigenvalue weighted by Gasteiger charge is -2.40. The minimum absolute atomic E-state index is 0.780. The second-order valence-electron chi connectivity index (χ2n) is 6.46. The second kappa shape index (κ2) is 5.89. The monoisotopic (exact) mass is 251 g/mol. The molecule has 0 aromatic rings. The van der Waals surface area contributed by atoms with Crippen molar-refractivity contribution in [2.45, 2.75) is 63.1 Å². The highest BCUT2D eigenvalue weighted by molar-refractivity contribution is 4.89. The number of nitrogens with one attached hydrogen (secondary N) is 1. The second-order valence-corrected chi connectivity index (χ2v) is 6.46. The SMILES string of the molecule is CN[C@H]1CCC(N2CCN(C3CCCC3)CC2)C1. The quantitative estimate of drug-likeness (QED) is 0.823. The van der Waals surface area contributed by atoms with Crippen LogP contribution in [-0.2, 0) is 0 Å². The molecule has 0 amide bonds. The molecule has 0 radical (unpaired) electrons. The van der Waals surface area contributed by atoms with Gasteiger partial charge in [0.25, 0.3) is 0 Å². The van der Waals surface area contributed by atoms with Gasteiger partial charge in [0.05, 0.1) is 0 Å². The fourth-order valence-corrected chi connectivity index (χ4v) is 4.29. The van der Waals surface area contributed by atoms with E-state index in [4.69, 9.17) is 0 Å². The predicted molar refractivity (Wildman–Crippen MR) is 75.9 cm³/mol. The molecule has 3 heteroatoms. The van der Waals surface area contributed by atoms with E-state index >= 15 is 0 Å². The summed E-state index contributed by atoms with van der Waals surface area (Å²) in [6.07, 6.45) is 10.0. The molecule has 0 aromatic heterocycles. The number of hydrogen-bond acceptors (Lipinski definition) is 3. The van der Waals surface area contributed by atoms with Gasteiger partial charge in [-0.05, 0) is 39.2 Å². The Balaban J connectivity index is 1.45. The number of rotatable bonds is 3. The summed E-state index contributed by atoms with van der Waals surface area (Å²) in [6, 6.07) is 2.58. The Morgan fingerprint density at radius 2 is 1.39 bits per heavy atom. The topological polar surface area (TPSA) is 18.5 Å². The standard InChI is InChI=1S/C15H29N3/c1-16-13-6-7-15(12-13)18-10-8-17(9-11-18)14-4-2-3-5-14/h13-16H,2-12H2,1H3/t13-,15?/m0/s1. The summed E-state index contributed by atoms with van der Waals surface area (Å²) < 4.78 is 0. The van der Waals surface area contributed by atoms with E-state index in [9.17, 15) is 0 Å². The molecule has 1 heterocycles. The van der Waals surface area contributed by atoms with Crippen molar-refractivity contribution in [1.29, 1.82) is 0 Å². The summed E-state index contributed by atoms with van der Waals surface area (Å²) in [5, 5.41) is 3.45. The van der Waals surface area contributed by atoms with E-state index < -0.39 is 0 Å². The third kappa shape index (κ3) is 2.73. The zero-order valence-corrected chi connectivity index (χ0v) is 11.9. The molecule has 3 aliphatic rings. The van der Waals surface area contributed by atoms with Gasteiger partial charge in [-0.2, -0.15) is 0 Å². The first kappa shape index (κ1) is 12.9. The van der Waals surface area contributed by atoms with Crippen LogP contribution in [0.5, 0.6) is 0 Å². The molecule has 3 fully saturated rings. The summed E-state index contributed by atoms with van der Waals surface area (Å²) in [6.45, 7) is 5.28. The van der Waals surface area contributed by atoms with Gasteiger partial charge in [-0.15, -0.1) is 0 Å². The first-order valence-electron chi connectivity index (χ1n) is 8.02. The van der Waals surface area contributed by atoms with E-state index in [1.807, 2.05) is 0 Å². The highest BCUT2D eigenvalue weighted by atomic mass is 15.3. The van der Waals surface area contributed by atoms with Crippen LogP contribution < -0.4 is 5.32 Å². The van der Waals surface area contributed by atoms with Gasteiger partial charge in [0, 0.05) is 44.3 Å².